The Hall–Kier alpha value is -0.800. The van der Waals surface area contributed by atoms with Crippen LogP contribution in [0.2, 0.25) is 0 Å². The van der Waals surface area contributed by atoms with E-state index in [0.717, 1.165) is 30.7 Å². The maximum atomic E-state index is 12.0. The predicted molar refractivity (Wildman–Crippen MR) is 80.6 cm³/mol. The van der Waals surface area contributed by atoms with Gasteiger partial charge in [-0.2, -0.15) is 11.8 Å². The van der Waals surface area contributed by atoms with Crippen molar-refractivity contribution in [1.82, 2.24) is 4.90 Å². The number of likely N-dealkylation sites (N-methyl/N-ethyl adjacent to an activating group) is 1. The van der Waals surface area contributed by atoms with E-state index in [-0.39, 0.29) is 5.78 Å². The van der Waals surface area contributed by atoms with Gasteiger partial charge in [-0.15, -0.1) is 0 Å². The maximum absolute atomic E-state index is 12.0. The highest BCUT2D eigenvalue weighted by atomic mass is 32.2. The van der Waals surface area contributed by atoms with Crippen LogP contribution in [0.3, 0.4) is 0 Å². The van der Waals surface area contributed by atoms with Crippen molar-refractivity contribution in [3.05, 3.63) is 35.4 Å². The number of benzene rings is 1. The molecule has 0 saturated heterocycles. The molecule has 3 heteroatoms. The van der Waals surface area contributed by atoms with Crippen LogP contribution in [0.25, 0.3) is 0 Å². The molecule has 0 aliphatic carbocycles. The number of Topliss-reactive ketones (excluding diaryl/α,β-unsaturated/α-hetero) is 1. The minimum atomic E-state index is 0.210. The molecule has 100 valence electrons. The molecule has 2 nitrogen and oxygen atoms in total. The zero-order valence-electron chi connectivity index (χ0n) is 11.6. The summed E-state index contributed by atoms with van der Waals surface area (Å²) in [6, 6.07) is 8.04. The van der Waals surface area contributed by atoms with Gasteiger partial charge in [0.15, 0.2) is 5.78 Å². The second kappa shape index (κ2) is 8.33. The number of carbonyl (C=O) groups is 1. The maximum Gasteiger partial charge on any atom is 0.176 e. The average Bonchev–Trinajstić information content (AvgIpc) is 2.37. The highest BCUT2D eigenvalue weighted by Crippen LogP contribution is 2.08. The molecule has 0 N–H and O–H groups in total. The van der Waals surface area contributed by atoms with Crippen molar-refractivity contribution in [2.45, 2.75) is 19.8 Å². The van der Waals surface area contributed by atoms with Crippen LogP contribution in [0.15, 0.2) is 24.3 Å². The van der Waals surface area contributed by atoms with Gasteiger partial charge in [0.2, 0.25) is 0 Å². The van der Waals surface area contributed by atoms with Crippen LogP contribution >= 0.6 is 11.8 Å². The molecular weight excluding hydrogens is 242 g/mol. The van der Waals surface area contributed by atoms with Gasteiger partial charge >= 0.3 is 0 Å². The predicted octanol–water partition coefficient (Wildman–Crippen LogP) is 3.12. The Balaban J connectivity index is 2.50. The van der Waals surface area contributed by atoms with Crippen molar-refractivity contribution in [2.75, 3.05) is 32.1 Å². The second-order valence-electron chi connectivity index (χ2n) is 4.60. The molecule has 1 aromatic rings. The lowest BCUT2D eigenvalue weighted by Crippen LogP contribution is -2.28. The molecule has 1 aromatic carbocycles. The van der Waals surface area contributed by atoms with Crippen molar-refractivity contribution in [3.8, 4) is 0 Å². The number of ketones is 1. The van der Waals surface area contributed by atoms with Crippen LogP contribution in [0, 0.1) is 0 Å². The summed E-state index contributed by atoms with van der Waals surface area (Å²) in [5.41, 5.74) is 2.13. The quantitative estimate of drug-likeness (QED) is 0.674. The van der Waals surface area contributed by atoms with Crippen molar-refractivity contribution in [1.29, 1.82) is 0 Å². The lowest BCUT2D eigenvalue weighted by molar-refractivity contribution is 0.0949. The van der Waals surface area contributed by atoms with E-state index < -0.39 is 0 Å². The molecule has 0 atom stereocenters. The molecule has 0 radical (unpaired) electrons. The first kappa shape index (κ1) is 15.3. The molecule has 0 aliphatic heterocycles. The fourth-order valence-corrected chi connectivity index (χ4v) is 2.30. The summed E-state index contributed by atoms with van der Waals surface area (Å²) >= 11 is 1.81. The number of rotatable bonds is 8. The van der Waals surface area contributed by atoms with Crippen molar-refractivity contribution in [3.63, 3.8) is 0 Å². The first-order valence-electron chi connectivity index (χ1n) is 6.47. The van der Waals surface area contributed by atoms with Gasteiger partial charge in [-0.25, -0.2) is 0 Å². The van der Waals surface area contributed by atoms with Gasteiger partial charge in [0.05, 0.1) is 6.54 Å². The summed E-state index contributed by atoms with van der Waals surface area (Å²) in [7, 11) is 2.00. The fraction of sp³-hybridized carbons (Fsp3) is 0.533. The highest BCUT2D eigenvalue weighted by Gasteiger charge is 2.08. The summed E-state index contributed by atoms with van der Waals surface area (Å²) in [5, 5.41) is 0. The highest BCUT2D eigenvalue weighted by molar-refractivity contribution is 7.98. The first-order valence-corrected chi connectivity index (χ1v) is 7.86. The Kier molecular flexibility index (Phi) is 7.06. The molecule has 0 heterocycles. The second-order valence-corrected chi connectivity index (χ2v) is 5.59. The summed E-state index contributed by atoms with van der Waals surface area (Å²) in [6.07, 6.45) is 4.31. The standard InChI is InChI=1S/C15H23NOS/c1-4-5-13-6-8-14(9-7-13)15(17)12-16(2)10-11-18-3/h6-9H,4-5,10-12H2,1-3H3. The van der Waals surface area contributed by atoms with Crippen LogP contribution < -0.4 is 0 Å². The molecule has 0 fully saturated rings. The van der Waals surface area contributed by atoms with E-state index in [1.54, 1.807) is 0 Å². The Morgan fingerprint density at radius 2 is 1.94 bits per heavy atom. The van der Waals surface area contributed by atoms with E-state index in [1.807, 2.05) is 30.9 Å². The molecule has 0 saturated carbocycles. The fourth-order valence-electron chi connectivity index (χ4n) is 1.81. The van der Waals surface area contributed by atoms with Gasteiger partial charge in [0.1, 0.15) is 0 Å². The summed E-state index contributed by atoms with van der Waals surface area (Å²) in [6.45, 7) is 3.63. The van der Waals surface area contributed by atoms with Gasteiger partial charge < -0.3 is 0 Å². The lowest BCUT2D eigenvalue weighted by atomic mass is 10.1. The third-order valence-electron chi connectivity index (χ3n) is 2.91. The SMILES string of the molecule is CCCc1ccc(C(=O)CN(C)CCSC)cc1. The van der Waals surface area contributed by atoms with Crippen molar-refractivity contribution >= 4 is 17.5 Å². The largest absolute Gasteiger partial charge is 0.298 e. The number of aryl methyl sites for hydroxylation is 1. The van der Waals surface area contributed by atoms with E-state index in [9.17, 15) is 4.79 Å². The number of hydrogen-bond donors (Lipinski definition) is 0. The summed E-state index contributed by atoms with van der Waals surface area (Å²) in [4.78, 5) is 14.1. The molecule has 0 aliphatic rings. The van der Waals surface area contributed by atoms with Gasteiger partial charge in [-0.05, 0) is 25.3 Å². The van der Waals surface area contributed by atoms with Crippen LogP contribution in [0.1, 0.15) is 29.3 Å². The molecule has 0 amide bonds. The summed E-state index contributed by atoms with van der Waals surface area (Å²) < 4.78 is 0. The van der Waals surface area contributed by atoms with E-state index in [2.05, 4.69) is 30.2 Å². The topological polar surface area (TPSA) is 20.3 Å². The number of hydrogen-bond acceptors (Lipinski definition) is 3. The third-order valence-corrected chi connectivity index (χ3v) is 3.50. The third kappa shape index (κ3) is 5.23. The Morgan fingerprint density at radius 1 is 1.28 bits per heavy atom. The van der Waals surface area contributed by atoms with Crippen LogP contribution in [-0.4, -0.2) is 42.8 Å². The van der Waals surface area contributed by atoms with E-state index in [1.165, 1.54) is 5.56 Å². The zero-order chi connectivity index (χ0) is 13.4. The first-order chi connectivity index (χ1) is 8.67. The minimum absolute atomic E-state index is 0.210. The summed E-state index contributed by atoms with van der Waals surface area (Å²) in [5.74, 6) is 1.28. The molecule has 0 unspecified atom stereocenters. The van der Waals surface area contributed by atoms with E-state index in [0.29, 0.717) is 6.54 Å². The van der Waals surface area contributed by atoms with Crippen molar-refractivity contribution in [2.24, 2.45) is 0 Å². The van der Waals surface area contributed by atoms with Crippen LogP contribution in [-0.2, 0) is 6.42 Å². The molecule has 1 rings (SSSR count). The molecule has 0 spiro atoms. The average molecular weight is 265 g/mol. The van der Waals surface area contributed by atoms with Gasteiger partial charge in [-0.1, -0.05) is 37.6 Å². The molecule has 18 heavy (non-hydrogen) atoms. The van der Waals surface area contributed by atoms with Crippen molar-refractivity contribution < 1.29 is 4.79 Å². The number of carbonyl (C=O) groups excluding carboxylic acids is 1. The van der Waals surface area contributed by atoms with Gasteiger partial charge in [0, 0.05) is 17.9 Å². The number of nitrogens with zero attached hydrogens (tertiary/aromatic N) is 1. The van der Waals surface area contributed by atoms with Gasteiger partial charge in [-0.3, -0.25) is 9.69 Å². The Morgan fingerprint density at radius 3 is 2.50 bits per heavy atom. The molecular formula is C15H23NOS. The zero-order valence-corrected chi connectivity index (χ0v) is 12.4. The lowest BCUT2D eigenvalue weighted by Gasteiger charge is -2.14. The monoisotopic (exact) mass is 265 g/mol. The van der Waals surface area contributed by atoms with Gasteiger partial charge in [0.25, 0.3) is 0 Å². The smallest absolute Gasteiger partial charge is 0.176 e. The molecule has 0 bridgehead atoms. The number of thioether (sulfide) groups is 1. The van der Waals surface area contributed by atoms with E-state index >= 15 is 0 Å². The minimum Gasteiger partial charge on any atom is -0.298 e. The normalized spacial score (nSPS) is 10.9. The Labute approximate surface area is 115 Å². The van der Waals surface area contributed by atoms with E-state index in [4.69, 9.17) is 0 Å². The molecule has 0 aromatic heterocycles. The Bertz CT molecular complexity index is 361. The van der Waals surface area contributed by atoms with Crippen LogP contribution in [0.5, 0.6) is 0 Å². The van der Waals surface area contributed by atoms with Crippen LogP contribution in [0.4, 0.5) is 0 Å².